The second kappa shape index (κ2) is 5.57. The lowest BCUT2D eigenvalue weighted by molar-refractivity contribution is -0.128. The lowest BCUT2D eigenvalue weighted by Gasteiger charge is -2.36. The highest BCUT2D eigenvalue weighted by molar-refractivity contribution is 5.86. The molecule has 1 saturated heterocycles. The molecule has 2 rings (SSSR count). The first kappa shape index (κ1) is 13.8. The van der Waals surface area contributed by atoms with Gasteiger partial charge in [0.15, 0.2) is 0 Å². The Hall–Kier alpha value is -0.610. The summed E-state index contributed by atoms with van der Waals surface area (Å²) in [4.78, 5) is 12.2. The van der Waals surface area contributed by atoms with Crippen LogP contribution in [0.4, 0.5) is 0 Å². The Balaban J connectivity index is 1.83. The van der Waals surface area contributed by atoms with Gasteiger partial charge >= 0.3 is 0 Å². The molecule has 0 aromatic rings. The van der Waals surface area contributed by atoms with Crippen LogP contribution in [0.3, 0.4) is 0 Å². The molecule has 0 bridgehead atoms. The molecule has 4 heteroatoms. The Morgan fingerprint density at radius 2 is 1.78 bits per heavy atom. The van der Waals surface area contributed by atoms with Crippen molar-refractivity contribution in [1.82, 2.24) is 5.32 Å². The van der Waals surface area contributed by atoms with E-state index in [-0.39, 0.29) is 11.3 Å². The van der Waals surface area contributed by atoms with Crippen molar-refractivity contribution in [1.29, 1.82) is 0 Å². The summed E-state index contributed by atoms with van der Waals surface area (Å²) in [6.07, 6.45) is 7.07. The summed E-state index contributed by atoms with van der Waals surface area (Å²) in [5, 5.41) is 3.08. The molecule has 3 N–H and O–H groups in total. The summed E-state index contributed by atoms with van der Waals surface area (Å²) in [5.74, 6) is 0.0508. The quantitative estimate of drug-likeness (QED) is 0.803. The molecule has 104 valence electrons. The average Bonchev–Trinajstić information content (AvgIpc) is 2.38. The first-order chi connectivity index (χ1) is 8.54. The van der Waals surface area contributed by atoms with Gasteiger partial charge in [-0.2, -0.15) is 0 Å². The zero-order valence-electron chi connectivity index (χ0n) is 11.5. The minimum Gasteiger partial charge on any atom is -0.381 e. The van der Waals surface area contributed by atoms with E-state index in [2.05, 4.69) is 12.2 Å². The molecule has 18 heavy (non-hydrogen) atoms. The molecule has 0 aromatic heterocycles. The lowest BCUT2D eigenvalue weighted by atomic mass is 9.80. The summed E-state index contributed by atoms with van der Waals surface area (Å²) < 4.78 is 5.37. The molecule has 0 aromatic carbocycles. The van der Waals surface area contributed by atoms with E-state index in [4.69, 9.17) is 10.5 Å². The fourth-order valence-corrected chi connectivity index (χ4v) is 2.92. The van der Waals surface area contributed by atoms with Crippen LogP contribution in [0.2, 0.25) is 0 Å². The van der Waals surface area contributed by atoms with Gasteiger partial charge in [0.25, 0.3) is 0 Å². The third-order valence-electron chi connectivity index (χ3n) is 4.57. The van der Waals surface area contributed by atoms with Crippen LogP contribution in [0.5, 0.6) is 0 Å². The predicted octanol–water partition coefficient (Wildman–Crippen LogP) is 1.58. The van der Waals surface area contributed by atoms with Crippen LogP contribution in [0, 0.1) is 5.41 Å². The van der Waals surface area contributed by atoms with E-state index < -0.39 is 5.54 Å². The highest BCUT2D eigenvalue weighted by Crippen LogP contribution is 2.30. The summed E-state index contributed by atoms with van der Waals surface area (Å²) >= 11 is 0. The lowest BCUT2D eigenvalue weighted by Crippen LogP contribution is -2.56. The van der Waals surface area contributed by atoms with Gasteiger partial charge in [0.2, 0.25) is 5.91 Å². The number of hydrogen-bond acceptors (Lipinski definition) is 3. The molecule has 2 aliphatic rings. The van der Waals surface area contributed by atoms with Crippen molar-refractivity contribution in [3.63, 3.8) is 0 Å². The Labute approximate surface area is 110 Å². The normalized spacial score (nSPS) is 26.6. The maximum absolute atomic E-state index is 12.2. The number of carbonyl (C=O) groups excluding carboxylic acids is 1. The zero-order valence-corrected chi connectivity index (χ0v) is 11.5. The van der Waals surface area contributed by atoms with Gasteiger partial charge in [0.05, 0.1) is 5.54 Å². The molecule has 1 aliphatic carbocycles. The molecular formula is C14H26N2O2. The van der Waals surface area contributed by atoms with Crippen molar-refractivity contribution in [2.24, 2.45) is 11.1 Å². The van der Waals surface area contributed by atoms with E-state index >= 15 is 0 Å². The molecular weight excluding hydrogens is 228 g/mol. The van der Waals surface area contributed by atoms with Crippen molar-refractivity contribution >= 4 is 5.91 Å². The van der Waals surface area contributed by atoms with Gasteiger partial charge in [0, 0.05) is 19.8 Å². The topological polar surface area (TPSA) is 64.4 Å². The van der Waals surface area contributed by atoms with Crippen molar-refractivity contribution in [2.45, 2.75) is 57.4 Å². The number of hydrogen-bond donors (Lipinski definition) is 2. The SMILES string of the molecule is CC1(CNC(=O)C2(N)CCCCC2)CCOCC1. The molecule has 1 heterocycles. The third-order valence-corrected chi connectivity index (χ3v) is 4.57. The van der Waals surface area contributed by atoms with E-state index in [1.807, 2.05) is 0 Å². The van der Waals surface area contributed by atoms with E-state index in [1.54, 1.807) is 0 Å². The predicted molar refractivity (Wildman–Crippen MR) is 71.2 cm³/mol. The molecule has 4 nitrogen and oxygen atoms in total. The first-order valence-corrected chi connectivity index (χ1v) is 7.19. The van der Waals surface area contributed by atoms with Crippen LogP contribution in [0.25, 0.3) is 0 Å². The Morgan fingerprint density at radius 1 is 1.17 bits per heavy atom. The van der Waals surface area contributed by atoms with Crippen LogP contribution in [0.15, 0.2) is 0 Å². The molecule has 1 saturated carbocycles. The fraction of sp³-hybridized carbons (Fsp3) is 0.929. The highest BCUT2D eigenvalue weighted by atomic mass is 16.5. The maximum Gasteiger partial charge on any atom is 0.240 e. The second-order valence-corrected chi connectivity index (χ2v) is 6.32. The van der Waals surface area contributed by atoms with Crippen LogP contribution in [0.1, 0.15) is 51.9 Å². The van der Waals surface area contributed by atoms with E-state index in [1.165, 1.54) is 6.42 Å². The number of amides is 1. The smallest absolute Gasteiger partial charge is 0.240 e. The number of nitrogens with two attached hydrogens (primary N) is 1. The van der Waals surface area contributed by atoms with Gasteiger partial charge in [-0.25, -0.2) is 0 Å². The fourth-order valence-electron chi connectivity index (χ4n) is 2.92. The van der Waals surface area contributed by atoms with Crippen LogP contribution in [-0.4, -0.2) is 31.2 Å². The summed E-state index contributed by atoms with van der Waals surface area (Å²) in [6.45, 7) is 4.56. The van der Waals surface area contributed by atoms with Gasteiger partial charge in [-0.15, -0.1) is 0 Å². The third kappa shape index (κ3) is 3.23. The van der Waals surface area contributed by atoms with Gasteiger partial charge in [0.1, 0.15) is 0 Å². The number of carbonyl (C=O) groups is 1. The molecule has 1 aliphatic heterocycles. The minimum absolute atomic E-state index is 0.0508. The highest BCUT2D eigenvalue weighted by Gasteiger charge is 2.36. The molecule has 0 spiro atoms. The molecule has 1 amide bonds. The summed E-state index contributed by atoms with van der Waals surface area (Å²) in [6, 6.07) is 0. The number of nitrogens with one attached hydrogen (secondary N) is 1. The van der Waals surface area contributed by atoms with Crippen molar-refractivity contribution in [3.8, 4) is 0 Å². The van der Waals surface area contributed by atoms with Crippen LogP contribution in [-0.2, 0) is 9.53 Å². The summed E-state index contributed by atoms with van der Waals surface area (Å²) in [5.41, 5.74) is 5.79. The zero-order chi connectivity index (χ0) is 13.1. The molecule has 0 atom stereocenters. The van der Waals surface area contributed by atoms with Gasteiger partial charge in [-0.1, -0.05) is 26.2 Å². The van der Waals surface area contributed by atoms with Gasteiger partial charge in [-0.05, 0) is 31.1 Å². The van der Waals surface area contributed by atoms with Crippen molar-refractivity contribution in [2.75, 3.05) is 19.8 Å². The minimum atomic E-state index is -0.611. The Morgan fingerprint density at radius 3 is 2.39 bits per heavy atom. The molecule has 0 radical (unpaired) electrons. The first-order valence-electron chi connectivity index (χ1n) is 7.19. The standard InChI is InChI=1S/C14H26N2O2/c1-13(7-9-18-10-8-13)11-16-12(17)14(15)5-3-2-4-6-14/h2-11,15H2,1H3,(H,16,17). The Kier molecular flexibility index (Phi) is 4.28. The number of rotatable bonds is 3. The van der Waals surface area contributed by atoms with Gasteiger partial charge in [-0.3, -0.25) is 4.79 Å². The van der Waals surface area contributed by atoms with E-state index in [0.29, 0.717) is 0 Å². The average molecular weight is 254 g/mol. The van der Waals surface area contributed by atoms with Crippen LogP contribution < -0.4 is 11.1 Å². The maximum atomic E-state index is 12.2. The second-order valence-electron chi connectivity index (χ2n) is 6.32. The van der Waals surface area contributed by atoms with Crippen LogP contribution >= 0.6 is 0 Å². The van der Waals surface area contributed by atoms with Crippen molar-refractivity contribution < 1.29 is 9.53 Å². The van der Waals surface area contributed by atoms with Gasteiger partial charge < -0.3 is 15.8 Å². The molecule has 0 unspecified atom stereocenters. The largest absolute Gasteiger partial charge is 0.381 e. The Bertz CT molecular complexity index is 292. The monoisotopic (exact) mass is 254 g/mol. The molecule has 2 fully saturated rings. The number of ether oxygens (including phenoxy) is 1. The van der Waals surface area contributed by atoms with E-state index in [9.17, 15) is 4.79 Å². The van der Waals surface area contributed by atoms with E-state index in [0.717, 1.165) is 58.3 Å². The van der Waals surface area contributed by atoms with Crippen molar-refractivity contribution in [3.05, 3.63) is 0 Å². The summed E-state index contributed by atoms with van der Waals surface area (Å²) in [7, 11) is 0.